The third-order valence-electron chi connectivity index (χ3n) is 5.08. The van der Waals surface area contributed by atoms with Crippen molar-refractivity contribution in [3.8, 4) is 5.75 Å². The first-order valence-electron chi connectivity index (χ1n) is 9.34. The minimum atomic E-state index is -0.312. The van der Waals surface area contributed by atoms with Gasteiger partial charge in [0, 0.05) is 6.54 Å². The highest BCUT2D eigenvalue weighted by Crippen LogP contribution is 2.37. The molecule has 0 spiro atoms. The van der Waals surface area contributed by atoms with Crippen molar-refractivity contribution in [2.45, 2.75) is 31.7 Å². The molecule has 0 bridgehead atoms. The van der Waals surface area contributed by atoms with Crippen molar-refractivity contribution >= 4 is 29.4 Å². The van der Waals surface area contributed by atoms with Gasteiger partial charge >= 0.3 is 6.03 Å². The van der Waals surface area contributed by atoms with E-state index in [1.54, 1.807) is 29.2 Å². The van der Waals surface area contributed by atoms with Crippen molar-refractivity contribution in [3.63, 3.8) is 0 Å². The van der Waals surface area contributed by atoms with E-state index in [-0.39, 0.29) is 23.2 Å². The Hall–Kier alpha value is -2.73. The standard InChI is InChI=1S/C22H22N2O3S/c1-3-27-18-10-8-17(9-11-18)24-21(25)20-19(12-13-28-20)23(22(24)26)14-16-7-5-4-6-15(16)2/h4-13,19-20H,3,14H2,1-2H3. The lowest BCUT2D eigenvalue weighted by Gasteiger charge is -2.41. The Bertz CT molecular complexity index is 926. The molecular formula is C22H22N2O3S. The number of thioether (sulfide) groups is 1. The van der Waals surface area contributed by atoms with E-state index in [4.69, 9.17) is 4.74 Å². The maximum Gasteiger partial charge on any atom is 0.332 e. The van der Waals surface area contributed by atoms with Crippen molar-refractivity contribution in [3.05, 3.63) is 71.1 Å². The van der Waals surface area contributed by atoms with Gasteiger partial charge in [0.1, 0.15) is 11.0 Å². The number of amides is 3. The van der Waals surface area contributed by atoms with Gasteiger partial charge in [0.2, 0.25) is 0 Å². The number of carbonyl (C=O) groups excluding carboxylic acids is 2. The fourth-order valence-electron chi connectivity index (χ4n) is 3.58. The van der Waals surface area contributed by atoms with Crippen LogP contribution in [0.2, 0.25) is 0 Å². The first kappa shape index (κ1) is 18.6. The average Bonchev–Trinajstić information content (AvgIpc) is 3.18. The molecule has 2 aromatic rings. The van der Waals surface area contributed by atoms with Gasteiger partial charge in [-0.25, -0.2) is 9.69 Å². The van der Waals surface area contributed by atoms with Crippen LogP contribution in [-0.4, -0.2) is 34.7 Å². The monoisotopic (exact) mass is 394 g/mol. The topological polar surface area (TPSA) is 49.9 Å². The first-order chi connectivity index (χ1) is 13.6. The van der Waals surface area contributed by atoms with Gasteiger partial charge in [0.15, 0.2) is 0 Å². The molecule has 0 saturated carbocycles. The normalized spacial score (nSPS) is 21.2. The number of anilines is 1. The summed E-state index contributed by atoms with van der Waals surface area (Å²) in [5.74, 6) is 0.546. The molecule has 0 aromatic heterocycles. The summed E-state index contributed by atoms with van der Waals surface area (Å²) in [6.07, 6.45) is 1.96. The lowest BCUT2D eigenvalue weighted by atomic mass is 10.0. The van der Waals surface area contributed by atoms with E-state index in [9.17, 15) is 9.59 Å². The van der Waals surface area contributed by atoms with Crippen LogP contribution in [0.1, 0.15) is 18.1 Å². The predicted molar refractivity (Wildman–Crippen MR) is 112 cm³/mol. The summed E-state index contributed by atoms with van der Waals surface area (Å²) in [7, 11) is 0. The van der Waals surface area contributed by atoms with Crippen LogP contribution in [0.25, 0.3) is 0 Å². The van der Waals surface area contributed by atoms with E-state index in [1.807, 2.05) is 49.6 Å². The van der Waals surface area contributed by atoms with E-state index in [1.165, 1.54) is 16.7 Å². The number of carbonyl (C=O) groups is 2. The Morgan fingerprint density at radius 1 is 1.07 bits per heavy atom. The highest BCUT2D eigenvalue weighted by Gasteiger charge is 2.47. The summed E-state index contributed by atoms with van der Waals surface area (Å²) >= 11 is 1.47. The fourth-order valence-corrected chi connectivity index (χ4v) is 4.62. The van der Waals surface area contributed by atoms with Crippen molar-refractivity contribution in [2.75, 3.05) is 11.5 Å². The minimum Gasteiger partial charge on any atom is -0.494 e. The highest BCUT2D eigenvalue weighted by molar-refractivity contribution is 8.03. The molecule has 2 atom stereocenters. The van der Waals surface area contributed by atoms with Gasteiger partial charge in [0.05, 0.1) is 18.3 Å². The zero-order chi connectivity index (χ0) is 19.7. The number of imide groups is 1. The van der Waals surface area contributed by atoms with Gasteiger partial charge in [0.25, 0.3) is 5.91 Å². The van der Waals surface area contributed by atoms with E-state index < -0.39 is 0 Å². The van der Waals surface area contributed by atoms with Crippen LogP contribution in [0.5, 0.6) is 5.75 Å². The summed E-state index contributed by atoms with van der Waals surface area (Å²) in [6, 6.07) is 14.6. The van der Waals surface area contributed by atoms with Crippen LogP contribution < -0.4 is 9.64 Å². The second kappa shape index (κ2) is 7.72. The Labute approximate surface area is 169 Å². The Balaban J connectivity index is 1.67. The van der Waals surface area contributed by atoms with E-state index >= 15 is 0 Å². The third kappa shape index (κ3) is 3.29. The summed E-state index contributed by atoms with van der Waals surface area (Å²) in [6.45, 7) is 4.99. The van der Waals surface area contributed by atoms with Gasteiger partial charge in [-0.1, -0.05) is 30.3 Å². The molecular weight excluding hydrogens is 372 g/mol. The molecule has 4 rings (SSSR count). The van der Waals surface area contributed by atoms with Crippen LogP contribution in [0.3, 0.4) is 0 Å². The molecule has 2 aromatic carbocycles. The number of rotatable bonds is 5. The Kier molecular flexibility index (Phi) is 5.13. The molecule has 2 unspecified atom stereocenters. The van der Waals surface area contributed by atoms with Gasteiger partial charge in [-0.15, -0.1) is 11.8 Å². The third-order valence-corrected chi connectivity index (χ3v) is 6.17. The summed E-state index contributed by atoms with van der Waals surface area (Å²) in [5, 5.41) is 1.61. The van der Waals surface area contributed by atoms with Crippen LogP contribution >= 0.6 is 11.8 Å². The number of urea groups is 1. The molecule has 28 heavy (non-hydrogen) atoms. The van der Waals surface area contributed by atoms with Crippen molar-refractivity contribution in [1.82, 2.24) is 4.90 Å². The lowest BCUT2D eigenvalue weighted by Crippen LogP contribution is -2.61. The number of hydrogen-bond acceptors (Lipinski definition) is 4. The van der Waals surface area contributed by atoms with Gasteiger partial charge in [-0.2, -0.15) is 0 Å². The van der Waals surface area contributed by atoms with E-state index in [0.717, 1.165) is 16.9 Å². The number of nitrogens with zero attached hydrogens (tertiary/aromatic N) is 2. The average molecular weight is 394 g/mol. The summed E-state index contributed by atoms with van der Waals surface area (Å²) in [4.78, 5) is 29.5. The number of aryl methyl sites for hydroxylation is 1. The number of fused-ring (bicyclic) bond motifs is 1. The molecule has 3 amide bonds. The van der Waals surface area contributed by atoms with Crippen LogP contribution in [0.15, 0.2) is 60.0 Å². The quantitative estimate of drug-likeness (QED) is 0.756. The number of hydrogen-bond donors (Lipinski definition) is 0. The summed E-state index contributed by atoms with van der Waals surface area (Å²) in [5.41, 5.74) is 2.78. The molecule has 6 heteroatoms. The van der Waals surface area contributed by atoms with Crippen LogP contribution in [0.4, 0.5) is 10.5 Å². The zero-order valence-electron chi connectivity index (χ0n) is 15.9. The van der Waals surface area contributed by atoms with Crippen LogP contribution in [0, 0.1) is 6.92 Å². The lowest BCUT2D eigenvalue weighted by molar-refractivity contribution is -0.119. The molecule has 0 N–H and O–H groups in total. The first-order valence-corrected chi connectivity index (χ1v) is 10.3. The Morgan fingerprint density at radius 3 is 2.54 bits per heavy atom. The predicted octanol–water partition coefficient (Wildman–Crippen LogP) is 4.36. The molecule has 0 radical (unpaired) electrons. The molecule has 1 saturated heterocycles. The second-order valence-corrected chi connectivity index (χ2v) is 7.87. The van der Waals surface area contributed by atoms with Gasteiger partial charge < -0.3 is 9.64 Å². The van der Waals surface area contributed by atoms with Crippen molar-refractivity contribution in [1.29, 1.82) is 0 Å². The molecule has 1 fully saturated rings. The smallest absolute Gasteiger partial charge is 0.332 e. The molecule has 0 aliphatic carbocycles. The van der Waals surface area contributed by atoms with Gasteiger partial charge in [-0.3, -0.25) is 4.79 Å². The fraction of sp³-hybridized carbons (Fsp3) is 0.273. The molecule has 2 heterocycles. The van der Waals surface area contributed by atoms with Crippen LogP contribution in [-0.2, 0) is 11.3 Å². The maximum atomic E-state index is 13.4. The number of benzene rings is 2. The minimum absolute atomic E-state index is 0.171. The second-order valence-electron chi connectivity index (χ2n) is 6.81. The highest BCUT2D eigenvalue weighted by atomic mass is 32.2. The van der Waals surface area contributed by atoms with E-state index in [2.05, 4.69) is 0 Å². The van der Waals surface area contributed by atoms with Gasteiger partial charge in [-0.05, 0) is 54.6 Å². The maximum absolute atomic E-state index is 13.4. The largest absolute Gasteiger partial charge is 0.494 e. The Morgan fingerprint density at radius 2 is 1.82 bits per heavy atom. The molecule has 2 aliphatic heterocycles. The van der Waals surface area contributed by atoms with E-state index in [0.29, 0.717) is 18.8 Å². The molecule has 144 valence electrons. The molecule has 5 nitrogen and oxygen atoms in total. The van der Waals surface area contributed by atoms with Crippen molar-refractivity contribution < 1.29 is 14.3 Å². The SMILES string of the molecule is CCOc1ccc(N2C(=O)C3SC=CC3N(Cc3ccccc3C)C2=O)cc1. The zero-order valence-corrected chi connectivity index (χ0v) is 16.7. The molecule has 2 aliphatic rings. The number of ether oxygens (including phenoxy) is 1. The van der Waals surface area contributed by atoms with Crippen molar-refractivity contribution in [2.24, 2.45) is 0 Å². The summed E-state index contributed by atoms with van der Waals surface area (Å²) < 4.78 is 5.47.